The quantitative estimate of drug-likeness (QED) is 0.925. The van der Waals surface area contributed by atoms with E-state index in [1.54, 1.807) is 0 Å². The number of aliphatic hydroxyl groups is 1. The van der Waals surface area contributed by atoms with Crippen molar-refractivity contribution in [3.8, 4) is 0 Å². The Morgan fingerprint density at radius 1 is 1.00 bits per heavy atom. The zero-order chi connectivity index (χ0) is 13.8. The number of aliphatic imine (C=N–C) groups is 1. The molecule has 0 saturated carbocycles. The Bertz CT molecular complexity index is 595. The number of aliphatic hydroxyl groups excluding tert-OH is 1. The highest BCUT2D eigenvalue weighted by molar-refractivity contribution is 5.83. The average molecular weight is 267 g/mol. The van der Waals surface area contributed by atoms with Crippen molar-refractivity contribution < 1.29 is 9.84 Å². The summed E-state index contributed by atoms with van der Waals surface area (Å²) in [5.74, 6) is 0. The van der Waals surface area contributed by atoms with E-state index in [-0.39, 0.29) is 18.8 Å². The lowest BCUT2D eigenvalue weighted by Crippen LogP contribution is -2.27. The number of benzene rings is 2. The summed E-state index contributed by atoms with van der Waals surface area (Å²) < 4.78 is 6.03. The highest BCUT2D eigenvalue weighted by Gasteiger charge is 2.27. The maximum absolute atomic E-state index is 9.49. The van der Waals surface area contributed by atoms with Crippen molar-refractivity contribution in [1.29, 1.82) is 0 Å². The summed E-state index contributed by atoms with van der Waals surface area (Å²) in [6, 6.07) is 17.9. The standard InChI is InChI=1S/C17H17NO2/c19-11-16-17(20-12-13-6-2-1-3-7-13)15-9-5-4-8-14(15)10-18-16/h1-10,16-17,19H,11-12H2/t16-,17+/m0/s1. The normalized spacial score (nSPS) is 20.6. The Morgan fingerprint density at radius 3 is 2.55 bits per heavy atom. The molecule has 20 heavy (non-hydrogen) atoms. The van der Waals surface area contributed by atoms with Gasteiger partial charge in [0.1, 0.15) is 12.1 Å². The number of hydrogen-bond acceptors (Lipinski definition) is 3. The minimum absolute atomic E-state index is 0.00963. The molecule has 0 radical (unpaired) electrons. The van der Waals surface area contributed by atoms with E-state index in [1.165, 1.54) is 0 Å². The first-order valence-electron chi connectivity index (χ1n) is 6.77. The lowest BCUT2D eigenvalue weighted by atomic mass is 9.95. The van der Waals surface area contributed by atoms with E-state index in [0.29, 0.717) is 6.61 Å². The molecule has 3 nitrogen and oxygen atoms in total. The molecule has 1 aliphatic heterocycles. The second kappa shape index (κ2) is 5.99. The van der Waals surface area contributed by atoms with Gasteiger partial charge in [-0.05, 0) is 16.7 Å². The van der Waals surface area contributed by atoms with Crippen molar-refractivity contribution in [3.63, 3.8) is 0 Å². The second-order valence-electron chi connectivity index (χ2n) is 4.87. The van der Waals surface area contributed by atoms with E-state index in [0.717, 1.165) is 16.7 Å². The third-order valence-electron chi connectivity index (χ3n) is 3.52. The maximum atomic E-state index is 9.49. The van der Waals surface area contributed by atoms with Crippen molar-refractivity contribution in [3.05, 3.63) is 71.3 Å². The summed E-state index contributed by atoms with van der Waals surface area (Å²) in [5.41, 5.74) is 3.28. The maximum Gasteiger partial charge on any atom is 0.108 e. The van der Waals surface area contributed by atoms with Crippen LogP contribution in [0.25, 0.3) is 0 Å². The van der Waals surface area contributed by atoms with Crippen LogP contribution in [0.15, 0.2) is 59.6 Å². The van der Waals surface area contributed by atoms with Crippen molar-refractivity contribution in [2.45, 2.75) is 18.8 Å². The average Bonchev–Trinajstić information content (AvgIpc) is 2.53. The van der Waals surface area contributed by atoms with Crippen LogP contribution in [0.5, 0.6) is 0 Å². The number of fused-ring (bicyclic) bond motifs is 1. The third-order valence-corrected chi connectivity index (χ3v) is 3.52. The fourth-order valence-corrected chi connectivity index (χ4v) is 2.45. The Hall–Kier alpha value is -1.97. The van der Waals surface area contributed by atoms with Crippen molar-refractivity contribution in [2.75, 3.05) is 6.61 Å². The molecule has 0 amide bonds. The molecule has 2 aromatic rings. The van der Waals surface area contributed by atoms with Crippen LogP contribution in [0, 0.1) is 0 Å². The first-order chi connectivity index (χ1) is 9.88. The molecule has 3 heteroatoms. The molecule has 0 fully saturated rings. The largest absolute Gasteiger partial charge is 0.394 e. The Kier molecular flexibility index (Phi) is 3.90. The smallest absolute Gasteiger partial charge is 0.108 e. The number of ether oxygens (including phenoxy) is 1. The van der Waals surface area contributed by atoms with Gasteiger partial charge in [-0.15, -0.1) is 0 Å². The first-order valence-corrected chi connectivity index (χ1v) is 6.77. The fourth-order valence-electron chi connectivity index (χ4n) is 2.45. The molecule has 102 valence electrons. The van der Waals surface area contributed by atoms with Gasteiger partial charge < -0.3 is 9.84 Å². The van der Waals surface area contributed by atoms with Gasteiger partial charge in [-0.2, -0.15) is 0 Å². The SMILES string of the molecule is OC[C@@H]1N=Cc2ccccc2[C@H]1OCc1ccccc1. The molecular weight excluding hydrogens is 250 g/mol. The molecule has 2 atom stereocenters. The van der Waals surface area contributed by atoms with Gasteiger partial charge in [0, 0.05) is 6.21 Å². The van der Waals surface area contributed by atoms with Gasteiger partial charge in [0.05, 0.1) is 13.2 Å². The van der Waals surface area contributed by atoms with Gasteiger partial charge in [-0.1, -0.05) is 54.6 Å². The van der Waals surface area contributed by atoms with E-state index >= 15 is 0 Å². The predicted octanol–water partition coefficient (Wildman–Crippen LogP) is 2.74. The third kappa shape index (κ3) is 2.64. The van der Waals surface area contributed by atoms with Crippen LogP contribution >= 0.6 is 0 Å². The van der Waals surface area contributed by atoms with Crippen molar-refractivity contribution in [2.24, 2.45) is 4.99 Å². The second-order valence-corrected chi connectivity index (χ2v) is 4.87. The molecule has 2 aromatic carbocycles. The fraction of sp³-hybridized carbons (Fsp3) is 0.235. The monoisotopic (exact) mass is 267 g/mol. The summed E-state index contributed by atoms with van der Waals surface area (Å²) in [6.45, 7) is 0.510. The highest BCUT2D eigenvalue weighted by Crippen LogP contribution is 2.30. The Labute approximate surface area is 118 Å². The Balaban J connectivity index is 1.81. The van der Waals surface area contributed by atoms with Crippen LogP contribution in [0.1, 0.15) is 22.8 Å². The van der Waals surface area contributed by atoms with Crippen molar-refractivity contribution >= 4 is 6.21 Å². The molecule has 1 aliphatic rings. The number of rotatable bonds is 4. The van der Waals surface area contributed by atoms with Crippen LogP contribution in [-0.2, 0) is 11.3 Å². The minimum atomic E-state index is -0.228. The zero-order valence-electron chi connectivity index (χ0n) is 11.1. The molecule has 0 bridgehead atoms. The van der Waals surface area contributed by atoms with E-state index < -0.39 is 0 Å². The molecule has 0 saturated heterocycles. The van der Waals surface area contributed by atoms with Gasteiger partial charge in [0.2, 0.25) is 0 Å². The summed E-state index contributed by atoms with van der Waals surface area (Å²) in [4.78, 5) is 4.38. The predicted molar refractivity (Wildman–Crippen MR) is 78.9 cm³/mol. The molecule has 0 spiro atoms. The lowest BCUT2D eigenvalue weighted by Gasteiger charge is -2.28. The van der Waals surface area contributed by atoms with Crippen LogP contribution < -0.4 is 0 Å². The molecule has 0 aliphatic carbocycles. The summed E-state index contributed by atoms with van der Waals surface area (Å²) in [5, 5.41) is 9.49. The number of hydrogen-bond donors (Lipinski definition) is 1. The van der Waals surface area contributed by atoms with E-state index in [9.17, 15) is 5.11 Å². The minimum Gasteiger partial charge on any atom is -0.394 e. The first kappa shape index (κ1) is 13.0. The van der Waals surface area contributed by atoms with Gasteiger partial charge in [-0.25, -0.2) is 0 Å². The molecule has 1 N–H and O–H groups in total. The number of nitrogens with zero attached hydrogens (tertiary/aromatic N) is 1. The van der Waals surface area contributed by atoms with Gasteiger partial charge in [0.25, 0.3) is 0 Å². The summed E-state index contributed by atoms with van der Waals surface area (Å²) >= 11 is 0. The van der Waals surface area contributed by atoms with Crippen molar-refractivity contribution in [1.82, 2.24) is 0 Å². The molecular formula is C17H17NO2. The van der Waals surface area contributed by atoms with Crippen LogP contribution in [0.2, 0.25) is 0 Å². The van der Waals surface area contributed by atoms with Gasteiger partial charge in [0.15, 0.2) is 0 Å². The van der Waals surface area contributed by atoms with Gasteiger partial charge in [-0.3, -0.25) is 4.99 Å². The summed E-state index contributed by atoms with van der Waals surface area (Å²) in [6.07, 6.45) is 1.62. The topological polar surface area (TPSA) is 41.8 Å². The molecule has 3 rings (SSSR count). The van der Waals surface area contributed by atoms with E-state index in [1.807, 2.05) is 60.8 Å². The zero-order valence-corrected chi connectivity index (χ0v) is 11.1. The highest BCUT2D eigenvalue weighted by atomic mass is 16.5. The van der Waals surface area contributed by atoms with E-state index in [2.05, 4.69) is 4.99 Å². The summed E-state index contributed by atoms with van der Waals surface area (Å²) in [7, 11) is 0. The van der Waals surface area contributed by atoms with Crippen LogP contribution in [0.3, 0.4) is 0 Å². The lowest BCUT2D eigenvalue weighted by molar-refractivity contribution is 0.00840. The molecule has 0 aromatic heterocycles. The van der Waals surface area contributed by atoms with Gasteiger partial charge >= 0.3 is 0 Å². The molecule has 0 unspecified atom stereocenters. The van der Waals surface area contributed by atoms with Crippen LogP contribution in [0.4, 0.5) is 0 Å². The Morgan fingerprint density at radius 2 is 1.75 bits per heavy atom. The van der Waals surface area contributed by atoms with E-state index in [4.69, 9.17) is 4.74 Å². The van der Waals surface area contributed by atoms with Crippen LogP contribution in [-0.4, -0.2) is 24.0 Å². The molecule has 1 heterocycles.